The first-order chi connectivity index (χ1) is 18.7. The molecule has 7 N–H and O–H groups in total. The number of benzene rings is 1. The van der Waals surface area contributed by atoms with Crippen LogP contribution in [-0.4, -0.2) is 47.5 Å². The zero-order valence-electron chi connectivity index (χ0n) is 22.6. The normalized spacial score (nSPS) is 14.8. The summed E-state index contributed by atoms with van der Waals surface area (Å²) >= 11 is 0. The van der Waals surface area contributed by atoms with Crippen molar-refractivity contribution in [3.05, 3.63) is 77.1 Å². The predicted molar refractivity (Wildman–Crippen MR) is 145 cm³/mol. The van der Waals surface area contributed by atoms with Crippen LogP contribution in [-0.2, 0) is 27.4 Å². The molecule has 1 aromatic heterocycles. The maximum absolute atomic E-state index is 12.7. The summed E-state index contributed by atoms with van der Waals surface area (Å²) in [4.78, 5) is 41.4. The molecule has 1 aliphatic rings. The standard InChI is InChI=1S/C19H28N6O4.C8H10FN/c1-29-19(28)23-12-14-5-2-4-13(8-14)11-22-18(27)16-6-3-7-25(16)17(26)9-15(10-20)24-21;1-6(2)7-4-3-5-10-8(7)9/h2,4-5,8,10,16,24H,3,6-7,9,11-12,20-21H2,1H3,(H,22,27)(H,23,28);3-6H,1-2H3/b15-10-;. The van der Waals surface area contributed by atoms with Gasteiger partial charge < -0.3 is 31.4 Å². The molecule has 2 aromatic rings. The topological polar surface area (TPSA) is 165 Å². The molecule has 12 heteroatoms. The fourth-order valence-corrected chi connectivity index (χ4v) is 3.99. The third-order valence-corrected chi connectivity index (χ3v) is 6.09. The Morgan fingerprint density at radius 1 is 1.18 bits per heavy atom. The number of amides is 3. The molecular formula is C27H38FN7O4. The number of methoxy groups -OCH3 is 1. The average Bonchev–Trinajstić information content (AvgIpc) is 3.44. The fourth-order valence-electron chi connectivity index (χ4n) is 3.99. The Labute approximate surface area is 228 Å². The molecule has 11 nitrogen and oxygen atoms in total. The Hall–Kier alpha value is -4.19. The molecule has 3 rings (SSSR count). The third-order valence-electron chi connectivity index (χ3n) is 6.09. The van der Waals surface area contributed by atoms with Gasteiger partial charge in [0.1, 0.15) is 6.04 Å². The van der Waals surface area contributed by atoms with Crippen molar-refractivity contribution in [2.45, 2.75) is 58.2 Å². The number of nitrogens with zero attached hydrogens (tertiary/aromatic N) is 2. The number of hydrogen-bond donors (Lipinski definition) is 5. The van der Waals surface area contributed by atoms with Crippen LogP contribution in [0.1, 0.15) is 55.7 Å². The first-order valence-electron chi connectivity index (χ1n) is 12.6. The summed E-state index contributed by atoms with van der Waals surface area (Å²) in [6, 6.07) is 10.5. The Morgan fingerprint density at radius 2 is 1.87 bits per heavy atom. The van der Waals surface area contributed by atoms with Crippen LogP contribution in [0.5, 0.6) is 0 Å². The molecular weight excluding hydrogens is 505 g/mol. The highest BCUT2D eigenvalue weighted by atomic mass is 19.1. The molecule has 0 aliphatic carbocycles. The highest BCUT2D eigenvalue weighted by molar-refractivity contribution is 5.89. The number of aromatic nitrogens is 1. The van der Waals surface area contributed by atoms with E-state index in [2.05, 4.69) is 25.8 Å². The van der Waals surface area contributed by atoms with Crippen LogP contribution in [0.25, 0.3) is 0 Å². The van der Waals surface area contributed by atoms with E-state index in [1.165, 1.54) is 19.5 Å². The van der Waals surface area contributed by atoms with E-state index in [4.69, 9.17) is 11.6 Å². The van der Waals surface area contributed by atoms with Crippen molar-refractivity contribution in [1.82, 2.24) is 25.9 Å². The molecule has 3 amide bonds. The van der Waals surface area contributed by atoms with Crippen molar-refractivity contribution in [1.29, 1.82) is 0 Å². The van der Waals surface area contributed by atoms with E-state index < -0.39 is 12.1 Å². The van der Waals surface area contributed by atoms with Gasteiger partial charge in [0.15, 0.2) is 0 Å². The number of likely N-dealkylation sites (tertiary alicyclic amines) is 1. The van der Waals surface area contributed by atoms with E-state index in [1.54, 1.807) is 17.0 Å². The van der Waals surface area contributed by atoms with Crippen LogP contribution in [0.4, 0.5) is 9.18 Å². The van der Waals surface area contributed by atoms with Gasteiger partial charge in [-0.2, -0.15) is 4.39 Å². The highest BCUT2D eigenvalue weighted by Gasteiger charge is 2.33. The second-order valence-electron chi connectivity index (χ2n) is 9.18. The molecule has 212 valence electrons. The summed E-state index contributed by atoms with van der Waals surface area (Å²) in [7, 11) is 1.30. The van der Waals surface area contributed by atoms with Crippen LogP contribution in [0.3, 0.4) is 0 Å². The van der Waals surface area contributed by atoms with E-state index in [1.807, 2.05) is 38.1 Å². The molecule has 1 atom stereocenters. The maximum atomic E-state index is 12.7. The van der Waals surface area contributed by atoms with E-state index in [0.717, 1.165) is 17.5 Å². The minimum atomic E-state index is -0.511. The quantitative estimate of drug-likeness (QED) is 0.182. The number of halogens is 1. The Kier molecular flexibility index (Phi) is 12.7. The lowest BCUT2D eigenvalue weighted by molar-refractivity contribution is -0.138. The van der Waals surface area contributed by atoms with Crippen LogP contribution < -0.4 is 27.6 Å². The van der Waals surface area contributed by atoms with E-state index in [9.17, 15) is 18.8 Å². The fraction of sp³-hybridized carbons (Fsp3) is 0.407. The first-order valence-corrected chi connectivity index (χ1v) is 12.6. The van der Waals surface area contributed by atoms with Gasteiger partial charge in [0.25, 0.3) is 0 Å². The smallest absolute Gasteiger partial charge is 0.407 e. The van der Waals surface area contributed by atoms with Gasteiger partial charge in [-0.3, -0.25) is 15.4 Å². The van der Waals surface area contributed by atoms with Gasteiger partial charge in [-0.1, -0.05) is 44.2 Å². The average molecular weight is 544 g/mol. The zero-order valence-corrected chi connectivity index (χ0v) is 22.6. The summed E-state index contributed by atoms with van der Waals surface area (Å²) in [5.74, 6) is 4.78. The summed E-state index contributed by atoms with van der Waals surface area (Å²) < 4.78 is 17.3. The highest BCUT2D eigenvalue weighted by Crippen LogP contribution is 2.20. The second-order valence-corrected chi connectivity index (χ2v) is 9.18. The number of ether oxygens (including phenoxy) is 1. The lowest BCUT2D eigenvalue weighted by Gasteiger charge is -2.24. The SMILES string of the molecule is CC(C)c1cccnc1F.COC(=O)NCc1cccc(CNC(=O)C2CCCN2C(=O)C/C(=C/N)NN)c1. The van der Waals surface area contributed by atoms with E-state index >= 15 is 0 Å². The van der Waals surface area contributed by atoms with Gasteiger partial charge in [-0.05, 0) is 36.0 Å². The Bertz CT molecular complexity index is 1140. The monoisotopic (exact) mass is 543 g/mol. The number of nitrogens with one attached hydrogen (secondary N) is 3. The maximum Gasteiger partial charge on any atom is 0.407 e. The number of carbonyl (C=O) groups excluding carboxylic acids is 3. The second kappa shape index (κ2) is 15.9. The zero-order chi connectivity index (χ0) is 28.8. The molecule has 0 spiro atoms. The number of alkyl carbamates (subject to hydrolysis) is 1. The van der Waals surface area contributed by atoms with Gasteiger partial charge in [0.05, 0.1) is 19.2 Å². The Morgan fingerprint density at radius 3 is 2.44 bits per heavy atom. The molecule has 1 fully saturated rings. The van der Waals surface area contributed by atoms with Crippen molar-refractivity contribution in [3.8, 4) is 0 Å². The van der Waals surface area contributed by atoms with Crippen LogP contribution >= 0.6 is 0 Å². The largest absolute Gasteiger partial charge is 0.453 e. The van der Waals surface area contributed by atoms with Crippen molar-refractivity contribution in [2.24, 2.45) is 11.6 Å². The first kappa shape index (κ1) is 31.0. The molecule has 0 radical (unpaired) electrons. The minimum Gasteiger partial charge on any atom is -0.453 e. The summed E-state index contributed by atoms with van der Waals surface area (Å²) in [6.07, 6.45) is 3.58. The van der Waals surface area contributed by atoms with Crippen molar-refractivity contribution in [2.75, 3.05) is 13.7 Å². The summed E-state index contributed by atoms with van der Waals surface area (Å²) in [5, 5.41) is 5.49. The lowest BCUT2D eigenvalue weighted by Crippen LogP contribution is -2.46. The molecule has 0 bridgehead atoms. The molecule has 39 heavy (non-hydrogen) atoms. The number of hydrazine groups is 1. The van der Waals surface area contributed by atoms with E-state index in [-0.39, 0.29) is 30.1 Å². The summed E-state index contributed by atoms with van der Waals surface area (Å²) in [6.45, 7) is 5.06. The number of rotatable bonds is 9. The molecule has 1 aliphatic heterocycles. The number of hydrogen-bond acceptors (Lipinski definition) is 8. The Balaban J connectivity index is 0.000000446. The van der Waals surface area contributed by atoms with Crippen LogP contribution in [0, 0.1) is 5.95 Å². The molecule has 1 saturated heterocycles. The van der Waals surface area contributed by atoms with Gasteiger partial charge in [0.2, 0.25) is 17.8 Å². The van der Waals surface area contributed by atoms with Gasteiger partial charge in [-0.25, -0.2) is 9.78 Å². The molecule has 1 aromatic carbocycles. The van der Waals surface area contributed by atoms with Crippen molar-refractivity contribution >= 4 is 17.9 Å². The van der Waals surface area contributed by atoms with Crippen molar-refractivity contribution < 1.29 is 23.5 Å². The summed E-state index contributed by atoms with van der Waals surface area (Å²) in [5.41, 5.74) is 10.6. The van der Waals surface area contributed by atoms with E-state index in [0.29, 0.717) is 37.3 Å². The minimum absolute atomic E-state index is 0.0199. The molecule has 1 unspecified atom stereocenters. The number of nitrogens with two attached hydrogens (primary N) is 2. The third kappa shape index (κ3) is 9.89. The van der Waals surface area contributed by atoms with Gasteiger partial charge >= 0.3 is 6.09 Å². The van der Waals surface area contributed by atoms with Gasteiger partial charge in [-0.15, -0.1) is 0 Å². The number of pyridine rings is 1. The molecule has 2 heterocycles. The van der Waals surface area contributed by atoms with Crippen LogP contribution in [0.15, 0.2) is 54.5 Å². The van der Waals surface area contributed by atoms with Crippen molar-refractivity contribution in [3.63, 3.8) is 0 Å². The molecule has 0 saturated carbocycles. The van der Waals surface area contributed by atoms with Gasteiger partial charge in [0, 0.05) is 37.6 Å². The van der Waals surface area contributed by atoms with Crippen LogP contribution in [0.2, 0.25) is 0 Å². The number of carbonyl (C=O) groups is 3. The predicted octanol–water partition coefficient (Wildman–Crippen LogP) is 2.15. The lowest BCUT2D eigenvalue weighted by atomic mass is 10.1.